The van der Waals surface area contributed by atoms with Crippen molar-refractivity contribution in [3.63, 3.8) is 0 Å². The quantitative estimate of drug-likeness (QED) is 0.741. The summed E-state index contributed by atoms with van der Waals surface area (Å²) in [5, 5.41) is 12.7. The van der Waals surface area contributed by atoms with Crippen LogP contribution in [0.3, 0.4) is 0 Å². The first-order chi connectivity index (χ1) is 7.13. The third-order valence-corrected chi connectivity index (χ3v) is 2.22. The summed E-state index contributed by atoms with van der Waals surface area (Å²) in [6.45, 7) is 1.88. The first-order valence-corrected chi connectivity index (χ1v) is 4.29. The Morgan fingerprint density at radius 3 is 2.80 bits per heavy atom. The van der Waals surface area contributed by atoms with Gasteiger partial charge in [0.1, 0.15) is 6.07 Å². The van der Waals surface area contributed by atoms with Crippen LogP contribution in [0.15, 0.2) is 10.6 Å². The van der Waals surface area contributed by atoms with E-state index in [0.717, 1.165) is 11.3 Å². The van der Waals surface area contributed by atoms with Crippen molar-refractivity contribution in [3.8, 4) is 17.5 Å². The van der Waals surface area contributed by atoms with Gasteiger partial charge in [-0.1, -0.05) is 0 Å². The van der Waals surface area contributed by atoms with E-state index < -0.39 is 0 Å². The molecule has 0 amide bonds. The lowest BCUT2D eigenvalue weighted by Crippen LogP contribution is -1.92. The maximum absolute atomic E-state index is 8.68. The Morgan fingerprint density at radius 1 is 1.60 bits per heavy atom. The number of nitrogens with zero attached hydrogens (tertiary/aromatic N) is 4. The van der Waals surface area contributed by atoms with Crippen molar-refractivity contribution in [1.29, 1.82) is 5.26 Å². The standard InChI is InChI=1S/C9H9N5O/c1-5-6(4-12-14(5)2)9-13-7(3-10)8(11)15-9/h4H,11H2,1-2H3. The van der Waals surface area contributed by atoms with Gasteiger partial charge in [0, 0.05) is 12.7 Å². The fraction of sp³-hybridized carbons (Fsp3) is 0.222. The van der Waals surface area contributed by atoms with Crippen molar-refractivity contribution in [1.82, 2.24) is 14.8 Å². The molecule has 2 heterocycles. The van der Waals surface area contributed by atoms with Gasteiger partial charge in [-0.3, -0.25) is 4.68 Å². The van der Waals surface area contributed by atoms with Crippen LogP contribution in [0.25, 0.3) is 11.5 Å². The smallest absolute Gasteiger partial charge is 0.233 e. The van der Waals surface area contributed by atoms with Gasteiger partial charge in [0.05, 0.1) is 11.8 Å². The molecule has 2 rings (SSSR count). The predicted octanol–water partition coefficient (Wildman–Crippen LogP) is 0.837. The molecule has 2 aromatic rings. The third kappa shape index (κ3) is 1.34. The normalized spacial score (nSPS) is 10.2. The molecule has 2 aromatic heterocycles. The van der Waals surface area contributed by atoms with Crippen molar-refractivity contribution < 1.29 is 4.42 Å². The zero-order chi connectivity index (χ0) is 11.0. The van der Waals surface area contributed by atoms with Gasteiger partial charge >= 0.3 is 0 Å². The Morgan fingerprint density at radius 2 is 2.33 bits per heavy atom. The highest BCUT2D eigenvalue weighted by molar-refractivity contribution is 5.59. The molecule has 0 saturated heterocycles. The fourth-order valence-electron chi connectivity index (χ4n) is 1.24. The van der Waals surface area contributed by atoms with E-state index in [9.17, 15) is 0 Å². The highest BCUT2D eigenvalue weighted by Crippen LogP contribution is 2.25. The Labute approximate surface area is 85.9 Å². The van der Waals surface area contributed by atoms with Gasteiger partial charge in [-0.15, -0.1) is 0 Å². The summed E-state index contributed by atoms with van der Waals surface area (Å²) < 4.78 is 6.87. The predicted molar refractivity (Wildman–Crippen MR) is 52.6 cm³/mol. The van der Waals surface area contributed by atoms with E-state index in [1.165, 1.54) is 0 Å². The van der Waals surface area contributed by atoms with Crippen LogP contribution in [-0.4, -0.2) is 14.8 Å². The van der Waals surface area contributed by atoms with Crippen molar-refractivity contribution in [2.75, 3.05) is 5.73 Å². The summed E-state index contributed by atoms with van der Waals surface area (Å²) >= 11 is 0. The number of nitrogen functional groups attached to an aromatic ring is 1. The van der Waals surface area contributed by atoms with Crippen LogP contribution in [0, 0.1) is 18.3 Å². The lowest BCUT2D eigenvalue weighted by atomic mass is 10.2. The van der Waals surface area contributed by atoms with Crippen molar-refractivity contribution in [3.05, 3.63) is 17.6 Å². The van der Waals surface area contributed by atoms with E-state index in [-0.39, 0.29) is 11.6 Å². The summed E-state index contributed by atoms with van der Waals surface area (Å²) in [5.41, 5.74) is 7.22. The Balaban J connectivity index is 2.56. The minimum atomic E-state index is 0.0377. The van der Waals surface area contributed by atoms with Crippen LogP contribution in [0.2, 0.25) is 0 Å². The molecule has 0 unspecified atom stereocenters. The van der Waals surface area contributed by atoms with Crippen LogP contribution >= 0.6 is 0 Å². The van der Waals surface area contributed by atoms with E-state index >= 15 is 0 Å². The number of nitrogens with two attached hydrogens (primary N) is 1. The molecule has 76 valence electrons. The van der Waals surface area contributed by atoms with Crippen LogP contribution < -0.4 is 5.73 Å². The highest BCUT2D eigenvalue weighted by Gasteiger charge is 2.15. The van der Waals surface area contributed by atoms with E-state index in [0.29, 0.717) is 5.89 Å². The second-order valence-electron chi connectivity index (χ2n) is 3.11. The van der Waals surface area contributed by atoms with Crippen LogP contribution in [0.1, 0.15) is 11.4 Å². The van der Waals surface area contributed by atoms with Gasteiger partial charge in [-0.05, 0) is 6.92 Å². The zero-order valence-electron chi connectivity index (χ0n) is 8.35. The van der Waals surface area contributed by atoms with Crippen LogP contribution in [-0.2, 0) is 7.05 Å². The molecule has 0 atom stereocenters. The van der Waals surface area contributed by atoms with E-state index in [2.05, 4.69) is 10.1 Å². The largest absolute Gasteiger partial charge is 0.419 e. The minimum Gasteiger partial charge on any atom is -0.419 e. The van der Waals surface area contributed by atoms with Gasteiger partial charge in [-0.2, -0.15) is 15.3 Å². The fourth-order valence-corrected chi connectivity index (χ4v) is 1.24. The van der Waals surface area contributed by atoms with Crippen molar-refractivity contribution >= 4 is 5.88 Å². The number of hydrogen-bond acceptors (Lipinski definition) is 5. The van der Waals surface area contributed by atoms with Gasteiger partial charge < -0.3 is 10.2 Å². The summed E-state index contributed by atoms with van der Waals surface area (Å²) in [7, 11) is 1.82. The van der Waals surface area contributed by atoms with E-state index in [1.54, 1.807) is 10.9 Å². The summed E-state index contributed by atoms with van der Waals surface area (Å²) in [5.74, 6) is 0.366. The summed E-state index contributed by atoms with van der Waals surface area (Å²) in [4.78, 5) is 3.97. The monoisotopic (exact) mass is 203 g/mol. The summed E-state index contributed by atoms with van der Waals surface area (Å²) in [6, 6.07) is 1.85. The Kier molecular flexibility index (Phi) is 1.94. The molecule has 2 N–H and O–H groups in total. The molecular weight excluding hydrogens is 194 g/mol. The van der Waals surface area contributed by atoms with Gasteiger partial charge in [0.2, 0.25) is 17.5 Å². The molecule has 0 aliphatic carbocycles. The maximum atomic E-state index is 8.68. The molecule has 6 heteroatoms. The molecule has 6 nitrogen and oxygen atoms in total. The lowest BCUT2D eigenvalue weighted by Gasteiger charge is -1.94. The number of nitriles is 1. The first-order valence-electron chi connectivity index (χ1n) is 4.29. The molecule has 0 aliphatic rings. The van der Waals surface area contributed by atoms with Crippen LogP contribution in [0.5, 0.6) is 0 Å². The molecule has 0 bridgehead atoms. The van der Waals surface area contributed by atoms with Gasteiger partial charge in [0.25, 0.3) is 0 Å². The summed E-state index contributed by atoms with van der Waals surface area (Å²) in [6.07, 6.45) is 1.63. The number of hydrogen-bond donors (Lipinski definition) is 1. The second kappa shape index (κ2) is 3.13. The first kappa shape index (κ1) is 9.27. The molecule has 15 heavy (non-hydrogen) atoms. The Bertz CT molecular complexity index is 545. The molecule has 0 spiro atoms. The number of aromatic nitrogens is 3. The van der Waals surface area contributed by atoms with Crippen molar-refractivity contribution in [2.24, 2.45) is 7.05 Å². The number of oxazole rings is 1. The van der Waals surface area contributed by atoms with Crippen LogP contribution in [0.4, 0.5) is 5.88 Å². The minimum absolute atomic E-state index is 0.0377. The second-order valence-corrected chi connectivity index (χ2v) is 3.11. The maximum Gasteiger partial charge on any atom is 0.233 e. The Hall–Kier alpha value is -2.29. The van der Waals surface area contributed by atoms with E-state index in [1.807, 2.05) is 20.0 Å². The SMILES string of the molecule is Cc1c(-c2nc(C#N)c(N)o2)cnn1C. The molecule has 0 aromatic carbocycles. The number of anilines is 1. The van der Waals surface area contributed by atoms with Gasteiger partial charge in [-0.25, -0.2) is 0 Å². The topological polar surface area (TPSA) is 93.7 Å². The highest BCUT2D eigenvalue weighted by atomic mass is 16.4. The lowest BCUT2D eigenvalue weighted by molar-refractivity contribution is 0.593. The molecular formula is C9H9N5O. The molecule has 0 aliphatic heterocycles. The average Bonchev–Trinajstić information content (AvgIpc) is 2.72. The molecule has 0 fully saturated rings. The number of aryl methyl sites for hydroxylation is 1. The molecule has 0 radical (unpaired) electrons. The molecule has 0 saturated carbocycles. The zero-order valence-corrected chi connectivity index (χ0v) is 8.35. The van der Waals surface area contributed by atoms with Crippen molar-refractivity contribution in [2.45, 2.75) is 6.92 Å². The number of rotatable bonds is 1. The average molecular weight is 203 g/mol. The van der Waals surface area contributed by atoms with E-state index in [4.69, 9.17) is 15.4 Å². The van der Waals surface area contributed by atoms with Gasteiger partial charge in [0.15, 0.2) is 0 Å². The third-order valence-electron chi connectivity index (χ3n) is 2.22.